The van der Waals surface area contributed by atoms with Crippen LogP contribution in [0.4, 0.5) is 0 Å². The molecule has 5 saturated carbocycles. The first-order chi connectivity index (χ1) is 17.0. The van der Waals surface area contributed by atoms with Crippen molar-refractivity contribution in [3.8, 4) is 11.3 Å². The molecule has 4 bridgehead atoms. The first kappa shape index (κ1) is 22.8. The summed E-state index contributed by atoms with van der Waals surface area (Å²) in [7, 11) is 0. The van der Waals surface area contributed by atoms with Gasteiger partial charge in [-0.05, 0) is 99.7 Å². The molecule has 1 amide bonds. The molecule has 5 aliphatic carbocycles. The van der Waals surface area contributed by atoms with Crippen molar-refractivity contribution in [3.63, 3.8) is 0 Å². The summed E-state index contributed by atoms with van der Waals surface area (Å²) in [5.74, 6) is 2.50. The normalized spacial score (nSPS) is 34.2. The number of nitrogens with one attached hydrogen (secondary N) is 1. The summed E-state index contributed by atoms with van der Waals surface area (Å²) in [6, 6.07) is 15.1. The zero-order valence-electron chi connectivity index (χ0n) is 20.5. The van der Waals surface area contributed by atoms with E-state index in [-0.39, 0.29) is 36.0 Å². The highest BCUT2D eigenvalue weighted by atomic mass is 16.3. The summed E-state index contributed by atoms with van der Waals surface area (Å²) >= 11 is 0. The van der Waals surface area contributed by atoms with Gasteiger partial charge < -0.3 is 20.7 Å². The van der Waals surface area contributed by atoms with E-state index in [4.69, 9.17) is 5.73 Å². The van der Waals surface area contributed by atoms with Gasteiger partial charge in [0.15, 0.2) is 5.96 Å². The molecule has 1 aromatic carbocycles. The van der Waals surface area contributed by atoms with Gasteiger partial charge in [0.2, 0.25) is 0 Å². The van der Waals surface area contributed by atoms with Crippen LogP contribution >= 0.6 is 0 Å². The number of carbonyl (C=O) groups excluding carboxylic acids is 1. The molecule has 0 unspecified atom stereocenters. The van der Waals surface area contributed by atoms with Crippen molar-refractivity contribution in [1.29, 1.82) is 0 Å². The monoisotopic (exact) mass is 474 g/mol. The Morgan fingerprint density at radius 2 is 1.60 bits per heavy atom. The summed E-state index contributed by atoms with van der Waals surface area (Å²) < 4.78 is 2.25. The van der Waals surface area contributed by atoms with E-state index in [2.05, 4.69) is 51.3 Å². The smallest absolute Gasteiger partial charge is 0.268 e. The number of aliphatic imine (C=N–C) groups is 1. The van der Waals surface area contributed by atoms with Gasteiger partial charge in [-0.1, -0.05) is 30.3 Å². The molecule has 0 spiro atoms. The van der Waals surface area contributed by atoms with Gasteiger partial charge in [-0.25, -0.2) is 0 Å². The summed E-state index contributed by atoms with van der Waals surface area (Å²) in [5, 5.41) is 12.9. The Labute approximate surface area is 208 Å². The number of aliphatic hydroxyl groups is 1. The van der Waals surface area contributed by atoms with Crippen LogP contribution in [-0.4, -0.2) is 33.7 Å². The first-order valence-corrected chi connectivity index (χ1v) is 13.5. The Morgan fingerprint density at radius 3 is 2.23 bits per heavy atom. The second-order valence-electron chi connectivity index (χ2n) is 11.8. The molecule has 5 aliphatic rings. The van der Waals surface area contributed by atoms with Crippen LogP contribution in [0.1, 0.15) is 69.9 Å². The van der Waals surface area contributed by atoms with Gasteiger partial charge in [-0.3, -0.25) is 4.79 Å². The lowest BCUT2D eigenvalue weighted by atomic mass is 9.49. The van der Waals surface area contributed by atoms with Crippen molar-refractivity contribution < 1.29 is 9.90 Å². The largest absolute Gasteiger partial charge is 0.393 e. The molecule has 186 valence electrons. The molecule has 0 atom stereocenters. The van der Waals surface area contributed by atoms with Crippen LogP contribution in [0, 0.1) is 17.8 Å². The molecule has 1 aromatic heterocycles. The number of nitrogens with zero attached hydrogens (tertiary/aromatic N) is 2. The number of aromatic nitrogens is 1. The van der Waals surface area contributed by atoms with E-state index in [9.17, 15) is 9.90 Å². The van der Waals surface area contributed by atoms with E-state index in [0.29, 0.717) is 0 Å². The second kappa shape index (κ2) is 9.12. The van der Waals surface area contributed by atoms with Crippen LogP contribution in [-0.2, 0) is 16.8 Å². The Morgan fingerprint density at radius 1 is 0.971 bits per heavy atom. The minimum atomic E-state index is -0.221. The standard InChI is InChI=1S/C29H38N4O2/c30-28(31-23-6-8-24(34)9-7-23)32-27(35)18-33-25(22-4-2-1-3-5-22)10-11-26(33)29-15-19-12-20(16-29)14-21(13-19)17-29/h1-5,10-11,19-21,23-24,34H,6-9,12-18H2,(H3,30,31,32,35)/t19?,20?,21?,23-,24-,29?. The molecular formula is C29H38N4O2. The van der Waals surface area contributed by atoms with Crippen LogP contribution in [0.3, 0.4) is 0 Å². The Hall–Kier alpha value is -2.60. The fourth-order valence-electron chi connectivity index (χ4n) is 8.15. The highest BCUT2D eigenvalue weighted by molar-refractivity contribution is 5.92. The summed E-state index contributed by atoms with van der Waals surface area (Å²) in [5.41, 5.74) is 9.89. The first-order valence-electron chi connectivity index (χ1n) is 13.5. The molecule has 35 heavy (non-hydrogen) atoms. The van der Waals surface area contributed by atoms with Crippen molar-refractivity contribution >= 4 is 11.9 Å². The molecule has 0 aliphatic heterocycles. The molecule has 6 nitrogen and oxygen atoms in total. The zero-order chi connectivity index (χ0) is 24.0. The number of nitrogens with two attached hydrogens (primary N) is 1. The Balaban J connectivity index is 1.28. The Kier molecular flexibility index (Phi) is 5.95. The lowest BCUT2D eigenvalue weighted by Crippen LogP contribution is -2.49. The average Bonchev–Trinajstić information content (AvgIpc) is 3.24. The maximum absolute atomic E-state index is 13.2. The predicted octanol–water partition coefficient (Wildman–Crippen LogP) is 4.36. The van der Waals surface area contributed by atoms with Crippen molar-refractivity contribution in [3.05, 3.63) is 48.2 Å². The maximum atomic E-state index is 13.2. The lowest BCUT2D eigenvalue weighted by molar-refractivity contribution is -0.118. The van der Waals surface area contributed by atoms with Crippen molar-refractivity contribution in [2.24, 2.45) is 28.5 Å². The molecule has 4 N–H and O–H groups in total. The van der Waals surface area contributed by atoms with Crippen LogP contribution in [0.2, 0.25) is 0 Å². The molecule has 0 saturated heterocycles. The van der Waals surface area contributed by atoms with Crippen LogP contribution in [0.25, 0.3) is 11.3 Å². The van der Waals surface area contributed by atoms with Gasteiger partial charge in [0, 0.05) is 22.8 Å². The number of aliphatic hydroxyl groups excluding tert-OH is 1. The minimum absolute atomic E-state index is 0.170. The number of guanidine groups is 1. The fourth-order valence-corrected chi connectivity index (χ4v) is 8.15. The average molecular weight is 475 g/mol. The van der Waals surface area contributed by atoms with E-state index in [1.165, 1.54) is 44.2 Å². The predicted molar refractivity (Wildman–Crippen MR) is 138 cm³/mol. The van der Waals surface area contributed by atoms with Crippen molar-refractivity contribution in [2.45, 2.75) is 88.3 Å². The van der Waals surface area contributed by atoms with E-state index < -0.39 is 0 Å². The van der Waals surface area contributed by atoms with Gasteiger partial charge in [0.1, 0.15) is 6.54 Å². The molecule has 5 fully saturated rings. The number of benzene rings is 1. The maximum Gasteiger partial charge on any atom is 0.268 e. The Bertz CT molecular complexity index is 1060. The molecule has 7 rings (SSSR count). The fraction of sp³-hybridized carbons (Fsp3) is 0.586. The number of hydrogen-bond donors (Lipinski definition) is 3. The van der Waals surface area contributed by atoms with Crippen LogP contribution in [0.5, 0.6) is 0 Å². The minimum Gasteiger partial charge on any atom is -0.393 e. The number of carbonyl (C=O) groups is 1. The van der Waals surface area contributed by atoms with E-state index in [0.717, 1.165) is 54.7 Å². The van der Waals surface area contributed by atoms with Crippen LogP contribution < -0.4 is 11.1 Å². The second-order valence-corrected chi connectivity index (χ2v) is 11.8. The SMILES string of the molecule is N/C(=N\C(=O)Cn1c(-c2ccccc2)ccc1C12CC3CC(CC(C3)C1)C2)N[C@H]1CC[C@H](O)CC1. The van der Waals surface area contributed by atoms with Gasteiger partial charge in [-0.15, -0.1) is 0 Å². The number of rotatable bonds is 5. The molecule has 0 radical (unpaired) electrons. The zero-order valence-corrected chi connectivity index (χ0v) is 20.5. The quantitative estimate of drug-likeness (QED) is 0.444. The molecular weight excluding hydrogens is 436 g/mol. The third kappa shape index (κ3) is 4.53. The third-order valence-corrected chi connectivity index (χ3v) is 9.22. The molecule has 1 heterocycles. The molecule has 2 aromatic rings. The van der Waals surface area contributed by atoms with Crippen LogP contribution in [0.15, 0.2) is 47.5 Å². The lowest BCUT2D eigenvalue weighted by Gasteiger charge is -2.57. The number of amides is 1. The topological polar surface area (TPSA) is 92.6 Å². The van der Waals surface area contributed by atoms with E-state index >= 15 is 0 Å². The van der Waals surface area contributed by atoms with Gasteiger partial charge in [-0.2, -0.15) is 4.99 Å². The highest BCUT2D eigenvalue weighted by Gasteiger charge is 2.52. The summed E-state index contributed by atoms with van der Waals surface area (Å²) in [6.07, 6.45) is 11.0. The number of hydrogen-bond acceptors (Lipinski definition) is 2. The molecule has 6 heteroatoms. The van der Waals surface area contributed by atoms with Gasteiger partial charge in [0.05, 0.1) is 6.10 Å². The van der Waals surface area contributed by atoms with E-state index in [1.54, 1.807) is 0 Å². The van der Waals surface area contributed by atoms with E-state index in [1.807, 2.05) is 6.07 Å². The summed E-state index contributed by atoms with van der Waals surface area (Å²) in [6.45, 7) is 0.208. The van der Waals surface area contributed by atoms with Crippen molar-refractivity contribution in [2.75, 3.05) is 0 Å². The summed E-state index contributed by atoms with van der Waals surface area (Å²) in [4.78, 5) is 17.5. The van der Waals surface area contributed by atoms with Gasteiger partial charge >= 0.3 is 0 Å². The van der Waals surface area contributed by atoms with Gasteiger partial charge in [0.25, 0.3) is 5.91 Å². The highest BCUT2D eigenvalue weighted by Crippen LogP contribution is 2.61. The third-order valence-electron chi connectivity index (χ3n) is 9.22. The van der Waals surface area contributed by atoms with Crippen molar-refractivity contribution in [1.82, 2.24) is 9.88 Å².